The largest absolute Gasteiger partial charge is 0.479 e. The number of carbonyl (C=O) groups excluding carboxylic acids is 2. The van der Waals surface area contributed by atoms with Crippen LogP contribution in [0.3, 0.4) is 0 Å². The lowest BCUT2D eigenvalue weighted by molar-refractivity contribution is -0.153. The third-order valence-electron chi connectivity index (χ3n) is 4.13. The van der Waals surface area contributed by atoms with E-state index in [0.29, 0.717) is 11.4 Å². The Morgan fingerprint density at radius 2 is 1.67 bits per heavy atom. The van der Waals surface area contributed by atoms with Gasteiger partial charge in [0.1, 0.15) is 5.75 Å². The first-order chi connectivity index (χ1) is 12.7. The lowest BCUT2D eigenvalue weighted by atomic mass is 9.87. The van der Waals surface area contributed by atoms with Crippen LogP contribution in [-0.2, 0) is 19.7 Å². The third kappa shape index (κ3) is 6.13. The van der Waals surface area contributed by atoms with E-state index in [1.165, 1.54) is 5.56 Å². The molecule has 27 heavy (non-hydrogen) atoms. The first-order valence-electron chi connectivity index (χ1n) is 8.96. The Labute approximate surface area is 160 Å². The summed E-state index contributed by atoms with van der Waals surface area (Å²) in [5, 5.41) is 2.72. The zero-order valence-electron chi connectivity index (χ0n) is 16.5. The molecule has 0 saturated carbocycles. The molecule has 0 radical (unpaired) electrons. The second-order valence-corrected chi connectivity index (χ2v) is 7.51. The van der Waals surface area contributed by atoms with E-state index in [1.807, 2.05) is 49.4 Å². The number of amides is 1. The molecule has 0 bridgehead atoms. The van der Waals surface area contributed by atoms with E-state index in [4.69, 9.17) is 9.47 Å². The summed E-state index contributed by atoms with van der Waals surface area (Å²) in [5.74, 6) is -0.397. The Morgan fingerprint density at radius 3 is 2.26 bits per heavy atom. The second kappa shape index (κ2) is 8.71. The number of aryl methyl sites for hydroxylation is 1. The molecule has 5 heteroatoms. The van der Waals surface area contributed by atoms with Crippen molar-refractivity contribution in [3.63, 3.8) is 0 Å². The molecule has 2 aromatic carbocycles. The van der Waals surface area contributed by atoms with Gasteiger partial charge < -0.3 is 14.8 Å². The Kier molecular flexibility index (Phi) is 6.61. The summed E-state index contributed by atoms with van der Waals surface area (Å²) in [6, 6.07) is 15.0. The monoisotopic (exact) mass is 369 g/mol. The maximum atomic E-state index is 12.1. The zero-order chi connectivity index (χ0) is 20.0. The molecule has 0 aliphatic carbocycles. The Bertz CT molecular complexity index is 791. The minimum absolute atomic E-state index is 0.0492. The highest BCUT2D eigenvalue weighted by Crippen LogP contribution is 2.24. The molecule has 1 atom stereocenters. The van der Waals surface area contributed by atoms with Crippen molar-refractivity contribution in [3.8, 4) is 5.75 Å². The van der Waals surface area contributed by atoms with Crippen molar-refractivity contribution in [3.05, 3.63) is 59.7 Å². The van der Waals surface area contributed by atoms with E-state index in [9.17, 15) is 9.59 Å². The van der Waals surface area contributed by atoms with Gasteiger partial charge in [-0.25, -0.2) is 4.79 Å². The number of benzene rings is 2. The van der Waals surface area contributed by atoms with Gasteiger partial charge in [-0.1, -0.05) is 51.1 Å². The summed E-state index contributed by atoms with van der Waals surface area (Å²) < 4.78 is 10.7. The molecule has 0 unspecified atom stereocenters. The van der Waals surface area contributed by atoms with Gasteiger partial charge in [0.05, 0.1) is 0 Å². The summed E-state index contributed by atoms with van der Waals surface area (Å²) in [7, 11) is 0. The number of carbonyl (C=O) groups is 2. The van der Waals surface area contributed by atoms with Crippen molar-refractivity contribution in [2.45, 2.75) is 46.1 Å². The van der Waals surface area contributed by atoms with Crippen LogP contribution in [0.5, 0.6) is 5.75 Å². The second-order valence-electron chi connectivity index (χ2n) is 7.51. The van der Waals surface area contributed by atoms with E-state index < -0.39 is 12.1 Å². The molecule has 0 spiro atoms. The van der Waals surface area contributed by atoms with Crippen LogP contribution in [0.2, 0.25) is 0 Å². The Morgan fingerprint density at radius 1 is 1.04 bits per heavy atom. The van der Waals surface area contributed by atoms with Crippen molar-refractivity contribution in [2.75, 3.05) is 11.9 Å². The zero-order valence-corrected chi connectivity index (χ0v) is 16.5. The van der Waals surface area contributed by atoms with Gasteiger partial charge in [-0.15, -0.1) is 0 Å². The van der Waals surface area contributed by atoms with E-state index >= 15 is 0 Å². The molecule has 0 aliphatic rings. The first-order valence-corrected chi connectivity index (χ1v) is 8.96. The lowest BCUT2D eigenvalue weighted by Crippen LogP contribution is -2.29. The number of nitrogens with one attached hydrogen (secondary N) is 1. The number of anilines is 1. The van der Waals surface area contributed by atoms with Gasteiger partial charge in [0.25, 0.3) is 5.91 Å². The van der Waals surface area contributed by atoms with Crippen LogP contribution in [0, 0.1) is 6.92 Å². The molecular weight excluding hydrogens is 342 g/mol. The van der Waals surface area contributed by atoms with E-state index in [2.05, 4.69) is 26.1 Å². The van der Waals surface area contributed by atoms with E-state index in [-0.39, 0.29) is 17.9 Å². The molecule has 0 aliphatic heterocycles. The fraction of sp³-hybridized carbons (Fsp3) is 0.364. The number of hydrogen-bond acceptors (Lipinski definition) is 4. The summed E-state index contributed by atoms with van der Waals surface area (Å²) in [6.45, 7) is 9.52. The minimum Gasteiger partial charge on any atom is -0.479 e. The molecule has 0 aromatic heterocycles. The van der Waals surface area contributed by atoms with Crippen LogP contribution in [0.25, 0.3) is 0 Å². The van der Waals surface area contributed by atoms with Gasteiger partial charge in [-0.05, 0) is 48.6 Å². The number of esters is 1. The fourth-order valence-corrected chi connectivity index (χ4v) is 2.44. The van der Waals surface area contributed by atoms with E-state index in [0.717, 1.165) is 5.56 Å². The van der Waals surface area contributed by atoms with Gasteiger partial charge in [0.15, 0.2) is 12.7 Å². The minimum atomic E-state index is -0.809. The average molecular weight is 369 g/mol. The maximum Gasteiger partial charge on any atom is 0.347 e. The predicted octanol–water partition coefficient (Wildman–Crippen LogP) is 4.24. The number of para-hydroxylation sites is 1. The molecule has 0 fully saturated rings. The number of ether oxygens (including phenoxy) is 2. The van der Waals surface area contributed by atoms with Crippen molar-refractivity contribution in [1.29, 1.82) is 0 Å². The summed E-state index contributed by atoms with van der Waals surface area (Å²) in [4.78, 5) is 24.0. The Hall–Kier alpha value is -2.82. The van der Waals surface area contributed by atoms with Crippen molar-refractivity contribution in [2.24, 2.45) is 0 Å². The van der Waals surface area contributed by atoms with Gasteiger partial charge in [0.2, 0.25) is 0 Å². The van der Waals surface area contributed by atoms with Crippen LogP contribution in [0.1, 0.15) is 38.8 Å². The molecule has 0 saturated heterocycles. The molecule has 5 nitrogen and oxygen atoms in total. The Balaban J connectivity index is 1.83. The van der Waals surface area contributed by atoms with Crippen LogP contribution in [0.4, 0.5) is 5.69 Å². The van der Waals surface area contributed by atoms with Crippen LogP contribution in [0.15, 0.2) is 48.5 Å². The lowest BCUT2D eigenvalue weighted by Gasteiger charge is -2.20. The van der Waals surface area contributed by atoms with Gasteiger partial charge in [-0.2, -0.15) is 0 Å². The number of hydrogen-bond donors (Lipinski definition) is 1. The van der Waals surface area contributed by atoms with Crippen molar-refractivity contribution in [1.82, 2.24) is 0 Å². The normalized spacial score (nSPS) is 12.2. The molecule has 1 amide bonds. The summed E-state index contributed by atoms with van der Waals surface area (Å²) >= 11 is 0. The quantitative estimate of drug-likeness (QED) is 0.774. The van der Waals surface area contributed by atoms with Gasteiger partial charge in [-0.3, -0.25) is 4.79 Å². The first kappa shape index (κ1) is 20.5. The molecule has 2 aromatic rings. The molecule has 0 heterocycles. The summed E-state index contributed by atoms with van der Waals surface area (Å²) in [5.41, 5.74) is 2.86. The molecule has 2 rings (SSSR count). The highest BCUT2D eigenvalue weighted by atomic mass is 16.6. The predicted molar refractivity (Wildman–Crippen MR) is 106 cm³/mol. The SMILES string of the molecule is Cc1ccccc1NC(=O)COC(=O)[C@@H](C)Oc1ccc(C(C)(C)C)cc1. The van der Waals surface area contributed by atoms with Crippen molar-refractivity contribution < 1.29 is 19.1 Å². The number of rotatable bonds is 6. The van der Waals surface area contributed by atoms with Crippen LogP contribution < -0.4 is 10.1 Å². The standard InChI is InChI=1S/C22H27NO4/c1-15-8-6-7-9-19(15)23-20(24)14-26-21(25)16(2)27-18-12-10-17(11-13-18)22(3,4)5/h6-13,16H,14H2,1-5H3,(H,23,24)/t16-/m1/s1. The van der Waals surface area contributed by atoms with Crippen LogP contribution >= 0.6 is 0 Å². The van der Waals surface area contributed by atoms with Gasteiger partial charge >= 0.3 is 5.97 Å². The average Bonchev–Trinajstić information content (AvgIpc) is 2.61. The van der Waals surface area contributed by atoms with Crippen molar-refractivity contribution >= 4 is 17.6 Å². The molecule has 144 valence electrons. The topological polar surface area (TPSA) is 64.6 Å². The van der Waals surface area contributed by atoms with Crippen LogP contribution in [-0.4, -0.2) is 24.6 Å². The van der Waals surface area contributed by atoms with Gasteiger partial charge in [0, 0.05) is 5.69 Å². The van der Waals surface area contributed by atoms with E-state index in [1.54, 1.807) is 13.0 Å². The fourth-order valence-electron chi connectivity index (χ4n) is 2.44. The highest BCUT2D eigenvalue weighted by molar-refractivity contribution is 5.93. The highest BCUT2D eigenvalue weighted by Gasteiger charge is 2.19. The third-order valence-corrected chi connectivity index (χ3v) is 4.13. The maximum absolute atomic E-state index is 12.1. The summed E-state index contributed by atoms with van der Waals surface area (Å²) in [6.07, 6.45) is -0.809. The smallest absolute Gasteiger partial charge is 0.347 e. The molecular formula is C22H27NO4. The molecule has 1 N–H and O–H groups in total.